The summed E-state index contributed by atoms with van der Waals surface area (Å²) in [5.74, 6) is -2.15. The monoisotopic (exact) mass is 634 g/mol. The van der Waals surface area contributed by atoms with Gasteiger partial charge in [0.15, 0.2) is 0 Å². The van der Waals surface area contributed by atoms with Crippen LogP contribution in [-0.2, 0) is 19.5 Å². The molecule has 10 nitrogen and oxygen atoms in total. The Morgan fingerprint density at radius 2 is 0.925 bits per heavy atom. The molecule has 40 heavy (non-hydrogen) atoms. The van der Waals surface area contributed by atoms with Gasteiger partial charge in [-0.2, -0.15) is 0 Å². The van der Waals surface area contributed by atoms with Gasteiger partial charge < -0.3 is 20.4 Å². The first-order chi connectivity index (χ1) is 18.5. The Morgan fingerprint density at radius 1 is 0.625 bits per heavy atom. The van der Waals surface area contributed by atoms with Crippen LogP contribution < -0.4 is 0 Å². The molecule has 0 saturated carbocycles. The zero-order chi connectivity index (χ0) is 28.9. The van der Waals surface area contributed by atoms with Crippen LogP contribution >= 0.6 is 0 Å². The van der Waals surface area contributed by atoms with Crippen molar-refractivity contribution in [2.24, 2.45) is 0 Å². The molecule has 2 atom stereocenters. The summed E-state index contributed by atoms with van der Waals surface area (Å²) in [5, 5.41) is 34.8. The molecule has 4 N–H and O–H groups in total. The average Bonchev–Trinajstić information content (AvgIpc) is 2.89. The first-order valence-electron chi connectivity index (χ1n) is 12.1. The maximum atomic E-state index is 10.8. The van der Waals surface area contributed by atoms with E-state index in [0.29, 0.717) is 17.8 Å². The number of carboxylic acids is 2. The topological polar surface area (TPSA) is 167 Å². The molecule has 4 aromatic heterocycles. The SMILES string of the molecule is CC(O)CC(C)O.Cc1ccnc(-c2cc(C)ccn2)c1.O=C(O)c1ccnc(-c2cc(C(=O)O)ccn2)c1.[Ru]. The second-order valence-electron chi connectivity index (χ2n) is 8.84. The molecule has 0 aromatic carbocycles. The number of aromatic carboxylic acids is 2. The number of aromatic nitrogens is 4. The molecule has 0 bridgehead atoms. The first-order valence-corrected chi connectivity index (χ1v) is 12.1. The summed E-state index contributed by atoms with van der Waals surface area (Å²) in [6.45, 7) is 7.43. The molecule has 0 saturated heterocycles. The van der Waals surface area contributed by atoms with Crippen LogP contribution in [0.3, 0.4) is 0 Å². The number of nitrogens with zero attached hydrogens (tertiary/aromatic N) is 4. The van der Waals surface area contributed by atoms with E-state index in [1.165, 1.54) is 47.8 Å². The van der Waals surface area contributed by atoms with Crippen molar-refractivity contribution in [1.82, 2.24) is 19.9 Å². The summed E-state index contributed by atoms with van der Waals surface area (Å²) < 4.78 is 0. The molecule has 0 spiro atoms. The van der Waals surface area contributed by atoms with E-state index in [1.807, 2.05) is 36.7 Å². The Balaban J connectivity index is 0.000000324. The fraction of sp³-hybridized carbons (Fsp3) is 0.241. The van der Waals surface area contributed by atoms with Crippen molar-refractivity contribution >= 4 is 11.9 Å². The predicted octanol–water partition coefficient (Wildman–Crippen LogP) is 4.44. The third-order valence-corrected chi connectivity index (χ3v) is 5.05. The molecule has 2 unspecified atom stereocenters. The largest absolute Gasteiger partial charge is 0.478 e. The molecular formula is C29H32N4O6Ru. The summed E-state index contributed by atoms with van der Waals surface area (Å²) >= 11 is 0. The molecule has 4 aromatic rings. The number of aliphatic hydroxyl groups excluding tert-OH is 2. The van der Waals surface area contributed by atoms with E-state index in [1.54, 1.807) is 13.8 Å². The van der Waals surface area contributed by atoms with Gasteiger partial charge in [-0.25, -0.2) is 9.59 Å². The maximum Gasteiger partial charge on any atom is 0.335 e. The van der Waals surface area contributed by atoms with Crippen LogP contribution in [0.25, 0.3) is 22.8 Å². The van der Waals surface area contributed by atoms with E-state index in [-0.39, 0.29) is 42.8 Å². The van der Waals surface area contributed by atoms with Crippen LogP contribution in [0.4, 0.5) is 0 Å². The minimum absolute atomic E-state index is 0. The molecule has 11 heteroatoms. The van der Waals surface area contributed by atoms with E-state index in [2.05, 4.69) is 33.8 Å². The molecular weight excluding hydrogens is 601 g/mol. The van der Waals surface area contributed by atoms with E-state index in [0.717, 1.165) is 11.4 Å². The normalized spacial score (nSPS) is 11.3. The van der Waals surface area contributed by atoms with Crippen molar-refractivity contribution in [2.45, 2.75) is 46.3 Å². The van der Waals surface area contributed by atoms with Gasteiger partial charge >= 0.3 is 11.9 Å². The fourth-order valence-electron chi connectivity index (χ4n) is 3.25. The van der Waals surface area contributed by atoms with Crippen molar-refractivity contribution in [3.63, 3.8) is 0 Å². The molecule has 0 fully saturated rings. The Bertz CT molecular complexity index is 1290. The van der Waals surface area contributed by atoms with Gasteiger partial charge in [-0.05, 0) is 93.8 Å². The Hall–Kier alpha value is -3.92. The Labute approximate surface area is 245 Å². The van der Waals surface area contributed by atoms with Crippen LogP contribution in [0.15, 0.2) is 73.3 Å². The van der Waals surface area contributed by atoms with E-state index >= 15 is 0 Å². The first kappa shape index (κ1) is 34.1. The maximum absolute atomic E-state index is 10.8. The summed E-state index contributed by atoms with van der Waals surface area (Å²) in [4.78, 5) is 38.2. The van der Waals surface area contributed by atoms with Gasteiger partial charge in [-0.1, -0.05) is 0 Å². The van der Waals surface area contributed by atoms with Crippen LogP contribution in [0.2, 0.25) is 0 Å². The third kappa shape index (κ3) is 11.9. The van der Waals surface area contributed by atoms with E-state index in [9.17, 15) is 9.59 Å². The van der Waals surface area contributed by atoms with Gasteiger partial charge in [0, 0.05) is 44.3 Å². The Morgan fingerprint density at radius 3 is 1.18 bits per heavy atom. The summed E-state index contributed by atoms with van der Waals surface area (Å²) in [6.07, 6.45) is 6.03. The number of hydrogen-bond donors (Lipinski definition) is 4. The summed E-state index contributed by atoms with van der Waals surface area (Å²) in [7, 11) is 0. The number of aryl methyl sites for hydroxylation is 2. The van der Waals surface area contributed by atoms with Gasteiger partial charge in [0.25, 0.3) is 0 Å². The van der Waals surface area contributed by atoms with Crippen molar-refractivity contribution in [3.8, 4) is 22.8 Å². The zero-order valence-corrected chi connectivity index (χ0v) is 24.3. The van der Waals surface area contributed by atoms with Gasteiger partial charge in [0.2, 0.25) is 0 Å². The fourth-order valence-corrected chi connectivity index (χ4v) is 3.25. The number of carboxylic acid groups (broad SMARTS) is 2. The molecule has 0 aliphatic heterocycles. The second-order valence-corrected chi connectivity index (χ2v) is 8.84. The quantitative estimate of drug-likeness (QED) is 0.223. The number of carbonyl (C=O) groups is 2. The van der Waals surface area contributed by atoms with Crippen LogP contribution in [0.1, 0.15) is 52.1 Å². The van der Waals surface area contributed by atoms with Gasteiger partial charge in [0.05, 0.1) is 46.1 Å². The van der Waals surface area contributed by atoms with Crippen molar-refractivity contribution in [3.05, 3.63) is 95.6 Å². The molecule has 4 heterocycles. The molecule has 0 aliphatic rings. The number of hydrogen-bond acceptors (Lipinski definition) is 8. The smallest absolute Gasteiger partial charge is 0.335 e. The van der Waals surface area contributed by atoms with Crippen molar-refractivity contribution in [1.29, 1.82) is 0 Å². The minimum atomic E-state index is -1.08. The van der Waals surface area contributed by atoms with Crippen LogP contribution in [-0.4, -0.2) is 64.5 Å². The van der Waals surface area contributed by atoms with Crippen LogP contribution in [0, 0.1) is 13.8 Å². The summed E-state index contributed by atoms with van der Waals surface area (Å²) in [5.41, 5.74) is 5.07. The predicted molar refractivity (Wildman–Crippen MR) is 146 cm³/mol. The van der Waals surface area contributed by atoms with E-state index in [4.69, 9.17) is 20.4 Å². The number of rotatable bonds is 6. The van der Waals surface area contributed by atoms with Crippen molar-refractivity contribution in [2.75, 3.05) is 0 Å². The average molecular weight is 634 g/mol. The minimum Gasteiger partial charge on any atom is -0.478 e. The Kier molecular flexibility index (Phi) is 14.4. The van der Waals surface area contributed by atoms with Crippen LogP contribution in [0.5, 0.6) is 0 Å². The van der Waals surface area contributed by atoms with Gasteiger partial charge in [-0.3, -0.25) is 19.9 Å². The molecule has 212 valence electrons. The summed E-state index contributed by atoms with van der Waals surface area (Å²) in [6, 6.07) is 13.5. The van der Waals surface area contributed by atoms with E-state index < -0.39 is 11.9 Å². The third-order valence-electron chi connectivity index (χ3n) is 5.05. The molecule has 0 radical (unpaired) electrons. The molecule has 4 rings (SSSR count). The molecule has 0 amide bonds. The number of aliphatic hydroxyl groups is 2. The van der Waals surface area contributed by atoms with Gasteiger partial charge in [-0.15, -0.1) is 0 Å². The molecule has 0 aliphatic carbocycles. The van der Waals surface area contributed by atoms with Gasteiger partial charge in [0.1, 0.15) is 0 Å². The zero-order valence-electron chi connectivity index (χ0n) is 22.5. The second kappa shape index (κ2) is 16.9. The van der Waals surface area contributed by atoms with Crippen molar-refractivity contribution < 1.29 is 49.5 Å². The standard InChI is InChI=1S/C12H8N2O4.C12H12N2.C5H12O2.Ru/c15-11(16)7-1-3-13-9(5-7)10-6-8(12(17)18)2-4-14-10;1-9-3-5-13-11(7-9)12-8-10(2)4-6-14-12;1-4(6)3-5(2)7;/h1-6H,(H,15,16)(H,17,18);3-8H,1-2H3;4-7H,3H2,1-2H3;. The number of pyridine rings is 4.